The van der Waals surface area contributed by atoms with Crippen molar-refractivity contribution in [3.63, 3.8) is 0 Å². The minimum absolute atomic E-state index is 0.0502. The molecule has 2 aromatic heterocycles. The number of hydrogen-bond donors (Lipinski definition) is 0. The molecular formula is C19H20ClN3O2S. The molecule has 0 saturated heterocycles. The molecule has 0 spiro atoms. The van der Waals surface area contributed by atoms with Crippen molar-refractivity contribution in [3.05, 3.63) is 63.1 Å². The highest BCUT2D eigenvalue weighted by molar-refractivity contribution is 7.09. The van der Waals surface area contributed by atoms with Crippen LogP contribution in [0.5, 0.6) is 5.75 Å². The minimum Gasteiger partial charge on any atom is -0.497 e. The van der Waals surface area contributed by atoms with Crippen LogP contribution in [0, 0.1) is 13.8 Å². The Labute approximate surface area is 161 Å². The molecule has 1 aromatic carbocycles. The fourth-order valence-corrected chi connectivity index (χ4v) is 3.51. The Hall–Kier alpha value is -2.31. The molecule has 3 aromatic rings. The number of hydrogen-bond acceptors (Lipinski definition) is 4. The van der Waals surface area contributed by atoms with E-state index in [4.69, 9.17) is 16.3 Å². The molecule has 0 N–H and O–H groups in total. The summed E-state index contributed by atoms with van der Waals surface area (Å²) in [6.07, 6.45) is 0. The summed E-state index contributed by atoms with van der Waals surface area (Å²) in [5, 5.41) is 6.98. The number of rotatable bonds is 6. The summed E-state index contributed by atoms with van der Waals surface area (Å²) in [6.45, 7) is 4.35. The molecule has 0 aliphatic rings. The number of carbonyl (C=O) groups excluding carboxylic acids is 1. The van der Waals surface area contributed by atoms with E-state index in [1.165, 1.54) is 0 Å². The molecule has 0 aliphatic heterocycles. The monoisotopic (exact) mass is 389 g/mol. The maximum Gasteiger partial charge on any atom is 0.249 e. The predicted molar refractivity (Wildman–Crippen MR) is 105 cm³/mol. The molecule has 0 unspecified atom stereocenters. The first kappa shape index (κ1) is 18.5. The molecule has 0 atom stereocenters. The first-order valence-corrected chi connectivity index (χ1v) is 9.41. The van der Waals surface area contributed by atoms with E-state index in [1.807, 2.05) is 55.6 Å². The largest absolute Gasteiger partial charge is 0.497 e. The minimum atomic E-state index is -0.0502. The Morgan fingerprint density at radius 1 is 1.27 bits per heavy atom. The van der Waals surface area contributed by atoms with Gasteiger partial charge in [0.25, 0.3) is 0 Å². The molecule has 1 amide bonds. The summed E-state index contributed by atoms with van der Waals surface area (Å²) < 4.78 is 6.87. The van der Waals surface area contributed by atoms with E-state index in [0.717, 1.165) is 27.7 Å². The summed E-state index contributed by atoms with van der Waals surface area (Å²) in [5.74, 6) is 0.702. The molecule has 5 nitrogen and oxygen atoms in total. The molecule has 0 bridgehead atoms. The fraction of sp³-hybridized carbons (Fsp3) is 0.263. The lowest BCUT2D eigenvalue weighted by Gasteiger charge is -2.23. The zero-order chi connectivity index (χ0) is 18.7. The molecule has 136 valence electrons. The van der Waals surface area contributed by atoms with Gasteiger partial charge in [-0.2, -0.15) is 5.10 Å². The van der Waals surface area contributed by atoms with Crippen molar-refractivity contribution in [3.8, 4) is 5.75 Å². The van der Waals surface area contributed by atoms with E-state index >= 15 is 0 Å². The first-order chi connectivity index (χ1) is 12.5. The van der Waals surface area contributed by atoms with Crippen LogP contribution in [0.2, 0.25) is 5.02 Å². The summed E-state index contributed by atoms with van der Waals surface area (Å²) in [6, 6.07) is 11.5. The van der Waals surface area contributed by atoms with Crippen LogP contribution < -0.4 is 9.64 Å². The van der Waals surface area contributed by atoms with Crippen LogP contribution in [0.25, 0.3) is 0 Å². The number of carbonyl (C=O) groups is 1. The number of aryl methyl sites for hydroxylation is 1. The number of aromatic nitrogens is 2. The first-order valence-electron chi connectivity index (χ1n) is 8.16. The number of amides is 1. The molecule has 0 fully saturated rings. The van der Waals surface area contributed by atoms with Crippen molar-refractivity contribution in [1.82, 2.24) is 9.78 Å². The Morgan fingerprint density at radius 3 is 2.54 bits per heavy atom. The molecular weight excluding hydrogens is 370 g/mol. The lowest BCUT2D eigenvalue weighted by atomic mass is 10.2. The Morgan fingerprint density at radius 2 is 2.00 bits per heavy atom. The molecule has 0 aliphatic carbocycles. The van der Waals surface area contributed by atoms with Gasteiger partial charge in [-0.1, -0.05) is 17.7 Å². The van der Waals surface area contributed by atoms with E-state index in [-0.39, 0.29) is 12.5 Å². The standard InChI is InChI=1S/C19H20ClN3O2S/c1-13-19(20)14(2)23(21-13)12-18(24)22(11-17-5-4-10-26-17)15-6-8-16(25-3)9-7-15/h4-10H,11-12H2,1-3H3. The smallest absolute Gasteiger partial charge is 0.249 e. The summed E-state index contributed by atoms with van der Waals surface area (Å²) in [4.78, 5) is 15.9. The Balaban J connectivity index is 1.88. The third-order valence-electron chi connectivity index (χ3n) is 4.16. The molecule has 7 heteroatoms. The highest BCUT2D eigenvalue weighted by Gasteiger charge is 2.20. The molecule has 2 heterocycles. The van der Waals surface area contributed by atoms with Gasteiger partial charge in [-0.05, 0) is 49.6 Å². The number of halogens is 1. The van der Waals surface area contributed by atoms with Crippen molar-refractivity contribution >= 4 is 34.5 Å². The molecule has 0 radical (unpaired) electrons. The van der Waals surface area contributed by atoms with Crippen molar-refractivity contribution in [2.75, 3.05) is 12.0 Å². The van der Waals surface area contributed by atoms with Gasteiger partial charge in [0.15, 0.2) is 0 Å². The van der Waals surface area contributed by atoms with Crippen molar-refractivity contribution in [2.45, 2.75) is 26.9 Å². The van der Waals surface area contributed by atoms with Gasteiger partial charge in [0.05, 0.1) is 30.1 Å². The molecule has 3 rings (SSSR count). The van der Waals surface area contributed by atoms with Gasteiger partial charge in [-0.25, -0.2) is 0 Å². The highest BCUT2D eigenvalue weighted by Crippen LogP contribution is 2.24. The van der Waals surface area contributed by atoms with Gasteiger partial charge in [-0.3, -0.25) is 9.48 Å². The number of benzene rings is 1. The van der Waals surface area contributed by atoms with Crippen LogP contribution >= 0.6 is 22.9 Å². The van der Waals surface area contributed by atoms with Gasteiger partial charge in [0.2, 0.25) is 5.91 Å². The van der Waals surface area contributed by atoms with Crippen LogP contribution in [0.1, 0.15) is 16.3 Å². The number of thiophene rings is 1. The van der Waals surface area contributed by atoms with Gasteiger partial charge >= 0.3 is 0 Å². The van der Waals surface area contributed by atoms with Crippen LogP contribution in [-0.4, -0.2) is 22.8 Å². The van der Waals surface area contributed by atoms with Crippen molar-refractivity contribution < 1.29 is 9.53 Å². The zero-order valence-electron chi connectivity index (χ0n) is 14.9. The maximum atomic E-state index is 13.1. The summed E-state index contributed by atoms with van der Waals surface area (Å²) >= 11 is 7.83. The van der Waals surface area contributed by atoms with E-state index < -0.39 is 0 Å². The summed E-state index contributed by atoms with van der Waals surface area (Å²) in [7, 11) is 1.62. The highest BCUT2D eigenvalue weighted by atomic mass is 35.5. The Kier molecular flexibility index (Phi) is 5.64. The topological polar surface area (TPSA) is 47.4 Å². The maximum absolute atomic E-state index is 13.1. The van der Waals surface area contributed by atoms with Gasteiger partial charge in [-0.15, -0.1) is 11.3 Å². The number of anilines is 1. The van der Waals surface area contributed by atoms with Crippen LogP contribution in [0.4, 0.5) is 5.69 Å². The van der Waals surface area contributed by atoms with E-state index in [2.05, 4.69) is 5.10 Å². The second-order valence-electron chi connectivity index (χ2n) is 5.90. The van der Waals surface area contributed by atoms with Crippen molar-refractivity contribution in [1.29, 1.82) is 0 Å². The van der Waals surface area contributed by atoms with Crippen LogP contribution in [-0.2, 0) is 17.9 Å². The number of ether oxygens (including phenoxy) is 1. The average Bonchev–Trinajstić information content (AvgIpc) is 3.24. The SMILES string of the molecule is COc1ccc(N(Cc2cccs2)C(=O)Cn2nc(C)c(Cl)c2C)cc1. The predicted octanol–water partition coefficient (Wildman–Crippen LogP) is 4.46. The fourth-order valence-electron chi connectivity index (χ4n) is 2.69. The van der Waals surface area contributed by atoms with Crippen LogP contribution in [0.15, 0.2) is 41.8 Å². The zero-order valence-corrected chi connectivity index (χ0v) is 16.5. The number of nitrogens with zero attached hydrogens (tertiary/aromatic N) is 3. The second kappa shape index (κ2) is 7.93. The third-order valence-corrected chi connectivity index (χ3v) is 5.57. The normalized spacial score (nSPS) is 10.8. The van der Waals surface area contributed by atoms with E-state index in [0.29, 0.717) is 11.6 Å². The third kappa shape index (κ3) is 3.92. The van der Waals surface area contributed by atoms with Gasteiger partial charge < -0.3 is 9.64 Å². The molecule has 26 heavy (non-hydrogen) atoms. The summed E-state index contributed by atoms with van der Waals surface area (Å²) in [5.41, 5.74) is 2.34. The Bertz CT molecular complexity index is 888. The average molecular weight is 390 g/mol. The lowest BCUT2D eigenvalue weighted by molar-refractivity contribution is -0.119. The van der Waals surface area contributed by atoms with Gasteiger partial charge in [0, 0.05) is 10.6 Å². The van der Waals surface area contributed by atoms with E-state index in [1.54, 1.807) is 28.0 Å². The number of methoxy groups -OCH3 is 1. The van der Waals surface area contributed by atoms with Gasteiger partial charge in [0.1, 0.15) is 12.3 Å². The van der Waals surface area contributed by atoms with E-state index in [9.17, 15) is 4.79 Å². The second-order valence-corrected chi connectivity index (χ2v) is 7.31. The molecule has 0 saturated carbocycles. The lowest BCUT2D eigenvalue weighted by Crippen LogP contribution is -2.33. The van der Waals surface area contributed by atoms with Crippen molar-refractivity contribution in [2.24, 2.45) is 0 Å². The van der Waals surface area contributed by atoms with Crippen LogP contribution in [0.3, 0.4) is 0 Å². The quantitative estimate of drug-likeness (QED) is 0.625.